The normalized spacial score (nSPS) is 32.3. The van der Waals surface area contributed by atoms with Gasteiger partial charge in [-0.2, -0.15) is 0 Å². The molecule has 0 spiro atoms. The molecule has 1 aliphatic carbocycles. The van der Waals surface area contributed by atoms with Gasteiger partial charge in [-0.25, -0.2) is 0 Å². The fourth-order valence-electron chi connectivity index (χ4n) is 2.98. The first kappa shape index (κ1) is 11.7. The van der Waals surface area contributed by atoms with Gasteiger partial charge in [0.2, 0.25) is 5.91 Å². The molecule has 1 amide bonds. The van der Waals surface area contributed by atoms with Gasteiger partial charge in [0.25, 0.3) is 0 Å². The summed E-state index contributed by atoms with van der Waals surface area (Å²) in [5.74, 6) is 1.13. The van der Waals surface area contributed by atoms with Crippen molar-refractivity contribution in [2.24, 2.45) is 11.8 Å². The van der Waals surface area contributed by atoms with Crippen molar-refractivity contribution in [2.45, 2.75) is 51.4 Å². The summed E-state index contributed by atoms with van der Waals surface area (Å²) in [5.41, 5.74) is 0. The van der Waals surface area contributed by atoms with Crippen LogP contribution < -0.4 is 0 Å². The lowest BCUT2D eigenvalue weighted by atomic mass is 9.80. The number of rotatable bonds is 0. The van der Waals surface area contributed by atoms with Gasteiger partial charge in [-0.15, -0.1) is 0 Å². The molecule has 1 saturated carbocycles. The van der Waals surface area contributed by atoms with Crippen molar-refractivity contribution < 1.29 is 4.79 Å². The van der Waals surface area contributed by atoms with Crippen molar-refractivity contribution in [1.29, 1.82) is 0 Å². The summed E-state index contributed by atoms with van der Waals surface area (Å²) < 4.78 is 0. The molecule has 2 atom stereocenters. The molecule has 0 aromatic heterocycles. The average molecular weight is 221 g/mol. The first-order valence-corrected chi connectivity index (χ1v) is 6.74. The van der Waals surface area contributed by atoms with Crippen LogP contribution in [-0.4, -0.2) is 17.9 Å². The molecule has 2 rings (SSSR count). The standard InChI is InChI=1S/C14H23NO/c1-15-11-10-12-8-6-4-2-3-5-7-9-13(12)14(15)16/h10-13H,2-9H2,1H3. The van der Waals surface area contributed by atoms with Gasteiger partial charge in [0, 0.05) is 19.2 Å². The molecule has 1 fully saturated rings. The first-order valence-electron chi connectivity index (χ1n) is 6.74. The zero-order valence-corrected chi connectivity index (χ0v) is 10.3. The Morgan fingerprint density at radius 1 is 1.06 bits per heavy atom. The van der Waals surface area contributed by atoms with Crippen molar-refractivity contribution in [2.75, 3.05) is 7.05 Å². The highest BCUT2D eigenvalue weighted by molar-refractivity contribution is 5.81. The van der Waals surface area contributed by atoms with Crippen molar-refractivity contribution in [3.05, 3.63) is 12.3 Å². The van der Waals surface area contributed by atoms with Crippen LogP contribution in [0.15, 0.2) is 12.3 Å². The smallest absolute Gasteiger partial charge is 0.229 e. The van der Waals surface area contributed by atoms with Crippen LogP contribution in [0.2, 0.25) is 0 Å². The fourth-order valence-corrected chi connectivity index (χ4v) is 2.98. The van der Waals surface area contributed by atoms with E-state index in [1.807, 2.05) is 13.2 Å². The van der Waals surface area contributed by atoms with Crippen LogP contribution in [-0.2, 0) is 4.79 Å². The monoisotopic (exact) mass is 221 g/mol. The Bertz CT molecular complexity index is 272. The Morgan fingerprint density at radius 3 is 2.44 bits per heavy atom. The van der Waals surface area contributed by atoms with Gasteiger partial charge < -0.3 is 4.90 Å². The van der Waals surface area contributed by atoms with Crippen LogP contribution in [0.25, 0.3) is 0 Å². The largest absolute Gasteiger partial charge is 0.322 e. The summed E-state index contributed by atoms with van der Waals surface area (Å²) in [7, 11) is 1.88. The van der Waals surface area contributed by atoms with Crippen LogP contribution >= 0.6 is 0 Å². The predicted octanol–water partition coefficient (Wildman–Crippen LogP) is 3.34. The fraction of sp³-hybridized carbons (Fsp3) is 0.786. The molecule has 90 valence electrons. The van der Waals surface area contributed by atoms with Crippen molar-refractivity contribution in [1.82, 2.24) is 4.90 Å². The van der Waals surface area contributed by atoms with Crippen molar-refractivity contribution >= 4 is 5.91 Å². The molecule has 0 aromatic rings. The molecular weight excluding hydrogens is 198 g/mol. The summed E-state index contributed by atoms with van der Waals surface area (Å²) in [6, 6.07) is 0. The third kappa shape index (κ3) is 2.66. The van der Waals surface area contributed by atoms with Crippen LogP contribution in [0.4, 0.5) is 0 Å². The lowest BCUT2D eigenvalue weighted by molar-refractivity contribution is -0.134. The number of carbonyl (C=O) groups is 1. The number of amides is 1. The number of nitrogens with zero attached hydrogens (tertiary/aromatic N) is 1. The predicted molar refractivity (Wildman–Crippen MR) is 65.8 cm³/mol. The van der Waals surface area contributed by atoms with E-state index < -0.39 is 0 Å². The van der Waals surface area contributed by atoms with Gasteiger partial charge in [-0.05, 0) is 18.8 Å². The van der Waals surface area contributed by atoms with E-state index in [4.69, 9.17) is 0 Å². The minimum Gasteiger partial charge on any atom is -0.322 e. The summed E-state index contributed by atoms with van der Waals surface area (Å²) in [6.45, 7) is 0. The van der Waals surface area contributed by atoms with Crippen molar-refractivity contribution in [3.8, 4) is 0 Å². The van der Waals surface area contributed by atoms with Crippen LogP contribution in [0.5, 0.6) is 0 Å². The molecule has 0 bridgehead atoms. The van der Waals surface area contributed by atoms with E-state index >= 15 is 0 Å². The molecule has 1 heterocycles. The average Bonchev–Trinajstić information content (AvgIpc) is 2.30. The molecule has 2 nitrogen and oxygen atoms in total. The van der Waals surface area contributed by atoms with Crippen molar-refractivity contribution in [3.63, 3.8) is 0 Å². The third-order valence-corrected chi connectivity index (χ3v) is 4.04. The highest BCUT2D eigenvalue weighted by Crippen LogP contribution is 2.31. The summed E-state index contributed by atoms with van der Waals surface area (Å²) >= 11 is 0. The molecule has 1 aliphatic heterocycles. The third-order valence-electron chi connectivity index (χ3n) is 4.04. The van der Waals surface area contributed by atoms with E-state index in [2.05, 4.69) is 6.08 Å². The molecule has 0 aromatic carbocycles. The highest BCUT2D eigenvalue weighted by atomic mass is 16.2. The van der Waals surface area contributed by atoms with E-state index in [9.17, 15) is 4.79 Å². The van der Waals surface area contributed by atoms with Crippen LogP contribution in [0, 0.1) is 11.8 Å². The molecule has 0 N–H and O–H groups in total. The molecular formula is C14H23NO. The molecule has 2 heteroatoms. The maximum absolute atomic E-state index is 12.1. The number of allylic oxidation sites excluding steroid dienone is 1. The quantitative estimate of drug-likeness (QED) is 0.614. The highest BCUT2D eigenvalue weighted by Gasteiger charge is 2.31. The Morgan fingerprint density at radius 2 is 1.69 bits per heavy atom. The maximum atomic E-state index is 12.1. The number of carbonyl (C=O) groups excluding carboxylic acids is 1. The Kier molecular flexibility index (Phi) is 4.03. The number of hydrogen-bond acceptors (Lipinski definition) is 1. The number of hydrogen-bond donors (Lipinski definition) is 0. The van der Waals surface area contributed by atoms with E-state index in [1.54, 1.807) is 4.90 Å². The van der Waals surface area contributed by atoms with E-state index in [-0.39, 0.29) is 5.92 Å². The van der Waals surface area contributed by atoms with Gasteiger partial charge in [-0.3, -0.25) is 4.79 Å². The molecule has 2 aliphatic rings. The Labute approximate surface area is 98.7 Å². The molecule has 16 heavy (non-hydrogen) atoms. The van der Waals surface area contributed by atoms with E-state index in [0.717, 1.165) is 6.42 Å². The minimum absolute atomic E-state index is 0.271. The van der Waals surface area contributed by atoms with E-state index in [1.165, 1.54) is 44.9 Å². The summed E-state index contributed by atoms with van der Waals surface area (Å²) in [4.78, 5) is 13.9. The second kappa shape index (κ2) is 5.51. The van der Waals surface area contributed by atoms with Gasteiger partial charge in [0.05, 0.1) is 0 Å². The van der Waals surface area contributed by atoms with E-state index in [0.29, 0.717) is 11.8 Å². The van der Waals surface area contributed by atoms with Gasteiger partial charge >= 0.3 is 0 Å². The van der Waals surface area contributed by atoms with Crippen LogP contribution in [0.1, 0.15) is 51.4 Å². The number of fused-ring (bicyclic) bond motifs is 1. The lowest BCUT2D eigenvalue weighted by Crippen LogP contribution is -2.37. The molecule has 0 radical (unpaired) electrons. The molecule has 2 unspecified atom stereocenters. The Balaban J connectivity index is 2.05. The lowest BCUT2D eigenvalue weighted by Gasteiger charge is -2.32. The zero-order chi connectivity index (χ0) is 11.4. The Hall–Kier alpha value is -0.790. The SMILES string of the molecule is CN1C=CC2CCCCCCCCC2C1=O. The zero-order valence-electron chi connectivity index (χ0n) is 10.3. The second-order valence-electron chi connectivity index (χ2n) is 5.26. The van der Waals surface area contributed by atoms with Gasteiger partial charge in [0.1, 0.15) is 0 Å². The molecule has 0 saturated heterocycles. The summed E-state index contributed by atoms with van der Waals surface area (Å²) in [5, 5.41) is 0. The topological polar surface area (TPSA) is 20.3 Å². The second-order valence-corrected chi connectivity index (χ2v) is 5.26. The van der Waals surface area contributed by atoms with Gasteiger partial charge in [0.15, 0.2) is 0 Å². The minimum atomic E-state index is 0.271. The first-order chi connectivity index (χ1) is 7.79. The van der Waals surface area contributed by atoms with Gasteiger partial charge in [-0.1, -0.05) is 44.6 Å². The van der Waals surface area contributed by atoms with Crippen LogP contribution in [0.3, 0.4) is 0 Å². The maximum Gasteiger partial charge on any atom is 0.229 e. The summed E-state index contributed by atoms with van der Waals surface area (Å²) in [6.07, 6.45) is 14.5.